The fourth-order valence-corrected chi connectivity index (χ4v) is 2.81. The molecule has 1 amide bonds. The molecular weight excluding hydrogens is 308 g/mol. The molecule has 1 rings (SSSR count). The van der Waals surface area contributed by atoms with Crippen molar-refractivity contribution in [3.05, 3.63) is 20.8 Å². The van der Waals surface area contributed by atoms with Crippen molar-refractivity contribution in [2.75, 3.05) is 7.05 Å². The average Bonchev–Trinajstić information content (AvgIpc) is 2.61. The van der Waals surface area contributed by atoms with E-state index in [9.17, 15) is 9.59 Å². The first-order valence-corrected chi connectivity index (χ1v) is 6.52. The molecule has 3 N–H and O–H groups in total. The van der Waals surface area contributed by atoms with Crippen LogP contribution in [0.25, 0.3) is 0 Å². The molecule has 1 aromatic heterocycles. The van der Waals surface area contributed by atoms with Crippen LogP contribution in [0.4, 0.5) is 0 Å². The molecule has 0 radical (unpaired) electrons. The molecule has 0 saturated heterocycles. The number of nitrogens with two attached hydrogens (primary N) is 1. The minimum absolute atomic E-state index is 0.350. The van der Waals surface area contributed by atoms with Crippen LogP contribution in [0, 0.1) is 0 Å². The third kappa shape index (κ3) is 4.45. The maximum atomic E-state index is 11.7. The Balaban J connectivity index is 2.55. The van der Waals surface area contributed by atoms with Gasteiger partial charge in [-0.3, -0.25) is 9.59 Å². The topological polar surface area (TPSA) is 83.6 Å². The van der Waals surface area contributed by atoms with Crippen molar-refractivity contribution in [2.24, 2.45) is 5.73 Å². The average molecular weight is 321 g/mol. The van der Waals surface area contributed by atoms with E-state index in [1.165, 1.54) is 16.2 Å². The smallest absolute Gasteiger partial charge is 0.305 e. The molecule has 0 aliphatic rings. The standard InChI is InChI=1S/C10H13BrN2O3S/c1-13(4-7-2-6(11)5-17-7)10(16)8(12)3-9(14)15/h2,5,8H,3-4,12H2,1H3,(H,14,15). The van der Waals surface area contributed by atoms with Crippen LogP contribution < -0.4 is 5.73 Å². The van der Waals surface area contributed by atoms with E-state index in [0.717, 1.165) is 9.35 Å². The summed E-state index contributed by atoms with van der Waals surface area (Å²) in [6.45, 7) is 0.433. The highest BCUT2D eigenvalue weighted by molar-refractivity contribution is 9.10. The number of aliphatic carboxylic acids is 1. The summed E-state index contributed by atoms with van der Waals surface area (Å²) < 4.78 is 0.966. The van der Waals surface area contributed by atoms with Gasteiger partial charge in [0.2, 0.25) is 5.91 Å². The summed E-state index contributed by atoms with van der Waals surface area (Å²) in [5, 5.41) is 10.5. The highest BCUT2D eigenvalue weighted by Crippen LogP contribution is 2.20. The Kier molecular flexibility index (Phi) is 5.10. The summed E-state index contributed by atoms with van der Waals surface area (Å²) >= 11 is 4.85. The lowest BCUT2D eigenvalue weighted by molar-refractivity contribution is -0.141. The van der Waals surface area contributed by atoms with Crippen LogP contribution in [-0.4, -0.2) is 35.0 Å². The fourth-order valence-electron chi connectivity index (χ4n) is 1.31. The fraction of sp³-hybridized carbons (Fsp3) is 0.400. The van der Waals surface area contributed by atoms with E-state index in [0.29, 0.717) is 6.54 Å². The van der Waals surface area contributed by atoms with Gasteiger partial charge in [0, 0.05) is 21.8 Å². The molecule has 0 aliphatic heterocycles. The molecule has 1 atom stereocenters. The molecule has 17 heavy (non-hydrogen) atoms. The first-order chi connectivity index (χ1) is 7.90. The number of halogens is 1. The predicted molar refractivity (Wildman–Crippen MR) is 68.7 cm³/mol. The lowest BCUT2D eigenvalue weighted by Crippen LogP contribution is -2.42. The van der Waals surface area contributed by atoms with Gasteiger partial charge in [-0.25, -0.2) is 0 Å². The second-order valence-electron chi connectivity index (χ2n) is 3.63. The maximum absolute atomic E-state index is 11.7. The van der Waals surface area contributed by atoms with Gasteiger partial charge in [0.05, 0.1) is 19.0 Å². The molecule has 0 fully saturated rings. The van der Waals surface area contributed by atoms with Crippen molar-refractivity contribution in [1.82, 2.24) is 4.90 Å². The van der Waals surface area contributed by atoms with E-state index in [1.807, 2.05) is 11.4 Å². The van der Waals surface area contributed by atoms with Gasteiger partial charge in [0.15, 0.2) is 0 Å². The van der Waals surface area contributed by atoms with Crippen LogP contribution in [-0.2, 0) is 16.1 Å². The molecule has 94 valence electrons. The van der Waals surface area contributed by atoms with Gasteiger partial charge in [0.25, 0.3) is 0 Å². The third-order valence-electron chi connectivity index (χ3n) is 2.10. The number of carboxylic acid groups (broad SMARTS) is 1. The van der Waals surface area contributed by atoms with Crippen LogP contribution in [0.3, 0.4) is 0 Å². The molecule has 0 saturated carbocycles. The maximum Gasteiger partial charge on any atom is 0.305 e. The summed E-state index contributed by atoms with van der Waals surface area (Å²) in [6, 6.07) is 0.929. The molecule has 0 bridgehead atoms. The zero-order valence-corrected chi connectivity index (χ0v) is 11.6. The van der Waals surface area contributed by atoms with Gasteiger partial charge in [0.1, 0.15) is 0 Å². The Morgan fingerprint density at radius 2 is 2.29 bits per heavy atom. The molecule has 1 aromatic rings. The zero-order chi connectivity index (χ0) is 13.0. The Bertz CT molecular complexity index is 421. The van der Waals surface area contributed by atoms with Crippen LogP contribution in [0.2, 0.25) is 0 Å². The number of nitrogens with zero attached hydrogens (tertiary/aromatic N) is 1. The molecule has 0 aromatic carbocycles. The molecule has 0 spiro atoms. The number of carboxylic acids is 1. The SMILES string of the molecule is CN(Cc1cc(Br)cs1)C(=O)C(N)CC(=O)O. The van der Waals surface area contributed by atoms with Crippen LogP contribution in [0.15, 0.2) is 15.9 Å². The summed E-state index contributed by atoms with van der Waals surface area (Å²) in [5.74, 6) is -1.44. The van der Waals surface area contributed by atoms with E-state index in [1.54, 1.807) is 7.05 Å². The van der Waals surface area contributed by atoms with E-state index in [2.05, 4.69) is 15.9 Å². The molecular formula is C10H13BrN2O3S. The number of likely N-dealkylation sites (N-methyl/N-ethyl adjacent to an activating group) is 1. The molecule has 5 nitrogen and oxygen atoms in total. The van der Waals surface area contributed by atoms with Crippen molar-refractivity contribution >= 4 is 39.1 Å². The number of thiophene rings is 1. The number of carbonyl (C=O) groups is 2. The van der Waals surface area contributed by atoms with E-state index >= 15 is 0 Å². The Hall–Kier alpha value is -0.920. The van der Waals surface area contributed by atoms with Gasteiger partial charge in [-0.1, -0.05) is 0 Å². The number of hydrogen-bond donors (Lipinski definition) is 2. The summed E-state index contributed by atoms with van der Waals surface area (Å²) in [6.07, 6.45) is -0.350. The molecule has 1 unspecified atom stereocenters. The summed E-state index contributed by atoms with van der Waals surface area (Å²) in [4.78, 5) is 24.6. The van der Waals surface area contributed by atoms with Gasteiger partial charge in [-0.15, -0.1) is 11.3 Å². The monoisotopic (exact) mass is 320 g/mol. The Labute approximate surface area is 111 Å². The van der Waals surface area contributed by atoms with Crippen LogP contribution in [0.5, 0.6) is 0 Å². The van der Waals surface area contributed by atoms with Crippen molar-refractivity contribution < 1.29 is 14.7 Å². The van der Waals surface area contributed by atoms with Crippen molar-refractivity contribution in [2.45, 2.75) is 19.0 Å². The lowest BCUT2D eigenvalue weighted by Gasteiger charge is -2.19. The van der Waals surface area contributed by atoms with Crippen molar-refractivity contribution in [3.63, 3.8) is 0 Å². The van der Waals surface area contributed by atoms with E-state index in [-0.39, 0.29) is 12.3 Å². The Morgan fingerprint density at radius 1 is 1.65 bits per heavy atom. The third-order valence-corrected chi connectivity index (χ3v) is 3.79. The number of amides is 1. The highest BCUT2D eigenvalue weighted by atomic mass is 79.9. The minimum atomic E-state index is -1.07. The zero-order valence-electron chi connectivity index (χ0n) is 9.22. The number of carbonyl (C=O) groups excluding carboxylic acids is 1. The lowest BCUT2D eigenvalue weighted by atomic mass is 10.2. The second-order valence-corrected chi connectivity index (χ2v) is 5.54. The van der Waals surface area contributed by atoms with Crippen molar-refractivity contribution in [1.29, 1.82) is 0 Å². The molecule has 0 aliphatic carbocycles. The van der Waals surface area contributed by atoms with Crippen LogP contribution >= 0.6 is 27.3 Å². The summed E-state index contributed by atoms with van der Waals surface area (Å²) in [7, 11) is 1.61. The number of hydrogen-bond acceptors (Lipinski definition) is 4. The van der Waals surface area contributed by atoms with Gasteiger partial charge < -0.3 is 15.7 Å². The van der Waals surface area contributed by atoms with Crippen molar-refractivity contribution in [3.8, 4) is 0 Å². The van der Waals surface area contributed by atoms with Gasteiger partial charge in [-0.2, -0.15) is 0 Å². The van der Waals surface area contributed by atoms with E-state index < -0.39 is 12.0 Å². The van der Waals surface area contributed by atoms with E-state index in [4.69, 9.17) is 10.8 Å². The van der Waals surface area contributed by atoms with Gasteiger partial charge in [-0.05, 0) is 22.0 Å². The Morgan fingerprint density at radius 3 is 2.76 bits per heavy atom. The highest BCUT2D eigenvalue weighted by Gasteiger charge is 2.21. The normalized spacial score (nSPS) is 12.2. The largest absolute Gasteiger partial charge is 0.481 e. The predicted octanol–water partition coefficient (Wildman–Crippen LogP) is 1.27. The molecule has 1 heterocycles. The minimum Gasteiger partial charge on any atom is -0.481 e. The first kappa shape index (κ1) is 14.1. The molecule has 7 heteroatoms. The summed E-state index contributed by atoms with van der Waals surface area (Å²) in [5.41, 5.74) is 5.50. The number of rotatable bonds is 5. The second kappa shape index (κ2) is 6.13. The first-order valence-electron chi connectivity index (χ1n) is 4.85. The van der Waals surface area contributed by atoms with Gasteiger partial charge >= 0.3 is 5.97 Å². The van der Waals surface area contributed by atoms with Crippen LogP contribution in [0.1, 0.15) is 11.3 Å². The quantitative estimate of drug-likeness (QED) is 0.855.